The second-order valence-electron chi connectivity index (χ2n) is 5.26. The van der Waals surface area contributed by atoms with Crippen molar-refractivity contribution in [3.63, 3.8) is 0 Å². The van der Waals surface area contributed by atoms with Gasteiger partial charge in [-0.1, -0.05) is 29.8 Å². The summed E-state index contributed by atoms with van der Waals surface area (Å²) in [4.78, 5) is 12.1. The van der Waals surface area contributed by atoms with Gasteiger partial charge in [0.25, 0.3) is 0 Å². The largest absolute Gasteiger partial charge is 0.418 e. The van der Waals surface area contributed by atoms with Gasteiger partial charge >= 0.3 is 6.18 Å². The number of hydrogen-bond acceptors (Lipinski definition) is 2. The van der Waals surface area contributed by atoms with Gasteiger partial charge in [-0.05, 0) is 38.1 Å². The first-order chi connectivity index (χ1) is 10.8. The lowest BCUT2D eigenvalue weighted by Gasteiger charge is -2.18. The Hall–Kier alpha value is -2.50. The molecule has 3 nitrogen and oxygen atoms in total. The molecular formula is C17H17F3N2O. The summed E-state index contributed by atoms with van der Waals surface area (Å²) in [6, 6.07) is 11.6. The monoisotopic (exact) mass is 322 g/mol. The van der Waals surface area contributed by atoms with E-state index in [9.17, 15) is 18.0 Å². The summed E-state index contributed by atoms with van der Waals surface area (Å²) in [7, 11) is 0. The molecule has 0 saturated carbocycles. The molecule has 0 aromatic heterocycles. The summed E-state index contributed by atoms with van der Waals surface area (Å²) in [5.41, 5.74) is 0.688. The van der Waals surface area contributed by atoms with Gasteiger partial charge in [0.15, 0.2) is 0 Å². The van der Waals surface area contributed by atoms with Gasteiger partial charge in [0.05, 0.1) is 11.3 Å². The maximum Gasteiger partial charge on any atom is 0.418 e. The minimum Gasteiger partial charge on any atom is -0.374 e. The van der Waals surface area contributed by atoms with Crippen LogP contribution in [0, 0.1) is 6.92 Å². The van der Waals surface area contributed by atoms with Crippen LogP contribution in [-0.4, -0.2) is 11.9 Å². The van der Waals surface area contributed by atoms with Crippen LogP contribution in [0.25, 0.3) is 0 Å². The molecule has 0 spiro atoms. The molecule has 0 fully saturated rings. The van der Waals surface area contributed by atoms with Crippen molar-refractivity contribution in [3.8, 4) is 0 Å². The molecule has 1 unspecified atom stereocenters. The lowest BCUT2D eigenvalue weighted by molar-refractivity contribution is -0.137. The zero-order valence-electron chi connectivity index (χ0n) is 12.7. The lowest BCUT2D eigenvalue weighted by atomic mass is 10.1. The minimum atomic E-state index is -4.52. The molecular weight excluding hydrogens is 305 g/mol. The molecule has 0 heterocycles. The van der Waals surface area contributed by atoms with Crippen LogP contribution in [0.1, 0.15) is 18.1 Å². The van der Waals surface area contributed by atoms with Gasteiger partial charge in [0, 0.05) is 5.69 Å². The number of hydrogen-bond donors (Lipinski definition) is 2. The predicted molar refractivity (Wildman–Crippen MR) is 84.3 cm³/mol. The van der Waals surface area contributed by atoms with E-state index < -0.39 is 23.7 Å². The Kier molecular flexibility index (Phi) is 4.93. The third kappa shape index (κ3) is 4.48. The van der Waals surface area contributed by atoms with Gasteiger partial charge in [-0.15, -0.1) is 0 Å². The summed E-state index contributed by atoms with van der Waals surface area (Å²) in [5, 5.41) is 5.28. The molecule has 0 aliphatic heterocycles. The summed E-state index contributed by atoms with van der Waals surface area (Å²) >= 11 is 0. The van der Waals surface area contributed by atoms with Gasteiger partial charge in [0.2, 0.25) is 5.91 Å². The second kappa shape index (κ2) is 6.73. The van der Waals surface area contributed by atoms with Crippen LogP contribution in [0.2, 0.25) is 0 Å². The Balaban J connectivity index is 2.08. The molecule has 2 aromatic rings. The molecule has 1 atom stereocenters. The van der Waals surface area contributed by atoms with Crippen LogP contribution in [-0.2, 0) is 11.0 Å². The van der Waals surface area contributed by atoms with Crippen molar-refractivity contribution in [2.45, 2.75) is 26.1 Å². The fraction of sp³-hybridized carbons (Fsp3) is 0.235. The van der Waals surface area contributed by atoms with Gasteiger partial charge < -0.3 is 10.6 Å². The molecule has 0 radical (unpaired) electrons. The standard InChI is InChI=1S/C17H17F3N2O/c1-11-7-9-13(10-8-11)21-12(2)16(23)22-15-6-4-3-5-14(15)17(18,19)20/h3-10,12,21H,1-2H3,(H,22,23). The highest BCUT2D eigenvalue weighted by molar-refractivity contribution is 5.96. The molecule has 23 heavy (non-hydrogen) atoms. The van der Waals surface area contributed by atoms with Gasteiger partial charge in [-0.25, -0.2) is 0 Å². The number of alkyl halides is 3. The highest BCUT2D eigenvalue weighted by atomic mass is 19.4. The van der Waals surface area contributed by atoms with E-state index in [1.54, 1.807) is 6.92 Å². The van der Waals surface area contributed by atoms with Crippen molar-refractivity contribution < 1.29 is 18.0 Å². The molecule has 0 saturated heterocycles. The van der Waals surface area contributed by atoms with E-state index in [0.717, 1.165) is 17.3 Å². The zero-order valence-corrected chi connectivity index (χ0v) is 12.7. The van der Waals surface area contributed by atoms with E-state index in [0.29, 0.717) is 0 Å². The first kappa shape index (κ1) is 16.9. The van der Waals surface area contributed by atoms with Gasteiger partial charge in [0.1, 0.15) is 6.04 Å². The number of carbonyl (C=O) groups excluding carboxylic acids is 1. The van der Waals surface area contributed by atoms with E-state index >= 15 is 0 Å². The fourth-order valence-electron chi connectivity index (χ4n) is 2.05. The average Bonchev–Trinajstić information content (AvgIpc) is 2.49. The van der Waals surface area contributed by atoms with Crippen molar-refractivity contribution in [1.29, 1.82) is 0 Å². The number of para-hydroxylation sites is 1. The number of anilines is 2. The number of benzene rings is 2. The normalized spacial score (nSPS) is 12.6. The first-order valence-corrected chi connectivity index (χ1v) is 7.07. The molecule has 6 heteroatoms. The molecule has 122 valence electrons. The van der Waals surface area contributed by atoms with Crippen molar-refractivity contribution in [3.05, 3.63) is 59.7 Å². The highest BCUT2D eigenvalue weighted by Crippen LogP contribution is 2.34. The Morgan fingerprint density at radius 2 is 1.65 bits per heavy atom. The first-order valence-electron chi connectivity index (χ1n) is 7.07. The van der Waals surface area contributed by atoms with E-state index in [4.69, 9.17) is 0 Å². The smallest absolute Gasteiger partial charge is 0.374 e. The predicted octanol–water partition coefficient (Wildman–Crippen LogP) is 4.45. The Morgan fingerprint density at radius 1 is 1.04 bits per heavy atom. The Morgan fingerprint density at radius 3 is 2.26 bits per heavy atom. The van der Waals surface area contributed by atoms with Gasteiger partial charge in [-0.3, -0.25) is 4.79 Å². The van der Waals surface area contributed by atoms with Crippen LogP contribution in [0.4, 0.5) is 24.5 Å². The van der Waals surface area contributed by atoms with E-state index in [2.05, 4.69) is 10.6 Å². The maximum atomic E-state index is 12.9. The second-order valence-corrected chi connectivity index (χ2v) is 5.26. The topological polar surface area (TPSA) is 41.1 Å². The number of nitrogens with one attached hydrogen (secondary N) is 2. The van der Waals surface area contributed by atoms with Crippen molar-refractivity contribution in [1.82, 2.24) is 0 Å². The van der Waals surface area contributed by atoms with Crippen LogP contribution in [0.5, 0.6) is 0 Å². The lowest BCUT2D eigenvalue weighted by Crippen LogP contribution is -2.32. The molecule has 2 aromatic carbocycles. The SMILES string of the molecule is Cc1ccc(NC(C)C(=O)Nc2ccccc2C(F)(F)F)cc1. The number of rotatable bonds is 4. The number of halogens is 3. The highest BCUT2D eigenvalue weighted by Gasteiger charge is 2.33. The van der Waals surface area contributed by atoms with Crippen LogP contribution in [0.3, 0.4) is 0 Å². The quantitative estimate of drug-likeness (QED) is 0.873. The molecule has 0 bridgehead atoms. The third-order valence-electron chi connectivity index (χ3n) is 3.32. The van der Waals surface area contributed by atoms with Crippen LogP contribution in [0.15, 0.2) is 48.5 Å². The summed E-state index contributed by atoms with van der Waals surface area (Å²) in [6.07, 6.45) is -4.52. The van der Waals surface area contributed by atoms with Crippen molar-refractivity contribution in [2.75, 3.05) is 10.6 Å². The van der Waals surface area contributed by atoms with Gasteiger partial charge in [-0.2, -0.15) is 13.2 Å². The Bertz CT molecular complexity index is 681. The Labute approximate surface area is 132 Å². The summed E-state index contributed by atoms with van der Waals surface area (Å²) in [5.74, 6) is -0.540. The van der Waals surface area contributed by atoms with Crippen molar-refractivity contribution in [2.24, 2.45) is 0 Å². The average molecular weight is 322 g/mol. The molecule has 0 aliphatic rings. The molecule has 2 rings (SSSR count). The van der Waals surface area contributed by atoms with E-state index in [1.165, 1.54) is 18.2 Å². The van der Waals surface area contributed by atoms with Crippen molar-refractivity contribution >= 4 is 17.3 Å². The number of amides is 1. The molecule has 1 amide bonds. The van der Waals surface area contributed by atoms with E-state index in [-0.39, 0.29) is 5.69 Å². The zero-order chi connectivity index (χ0) is 17.0. The molecule has 2 N–H and O–H groups in total. The van der Waals surface area contributed by atoms with Crippen LogP contribution < -0.4 is 10.6 Å². The number of aryl methyl sites for hydroxylation is 1. The summed E-state index contributed by atoms with van der Waals surface area (Å²) in [6.45, 7) is 3.53. The molecule has 0 aliphatic carbocycles. The minimum absolute atomic E-state index is 0.248. The van der Waals surface area contributed by atoms with E-state index in [1.807, 2.05) is 31.2 Å². The van der Waals surface area contributed by atoms with Crippen LogP contribution >= 0.6 is 0 Å². The third-order valence-corrected chi connectivity index (χ3v) is 3.32. The number of carbonyl (C=O) groups is 1. The maximum absolute atomic E-state index is 12.9. The fourth-order valence-corrected chi connectivity index (χ4v) is 2.05. The summed E-state index contributed by atoms with van der Waals surface area (Å²) < 4.78 is 38.8.